The summed E-state index contributed by atoms with van der Waals surface area (Å²) in [7, 11) is 6.33. The lowest BCUT2D eigenvalue weighted by Gasteiger charge is -2.13. The maximum atomic E-state index is 3.34. The predicted molar refractivity (Wildman–Crippen MR) is 68.3 cm³/mol. The predicted octanol–water partition coefficient (Wildman–Crippen LogP) is 2.06. The van der Waals surface area contributed by atoms with E-state index in [0.29, 0.717) is 0 Å². The number of thioether (sulfide) groups is 1. The molecule has 0 aromatic carbocycles. The summed E-state index contributed by atoms with van der Waals surface area (Å²) < 4.78 is 0. The van der Waals surface area contributed by atoms with Gasteiger partial charge >= 0.3 is 0 Å². The highest BCUT2D eigenvalue weighted by atomic mass is 32.2. The highest BCUT2D eigenvalue weighted by Crippen LogP contribution is 2.07. The van der Waals surface area contributed by atoms with Crippen LogP contribution in [0, 0.1) is 0 Å². The van der Waals surface area contributed by atoms with Gasteiger partial charge in [0.15, 0.2) is 0 Å². The van der Waals surface area contributed by atoms with Crippen LogP contribution in [0.2, 0.25) is 0 Å². The highest BCUT2D eigenvalue weighted by molar-refractivity contribution is 7.99. The van der Waals surface area contributed by atoms with Crippen molar-refractivity contribution in [1.82, 2.24) is 10.2 Å². The minimum absolute atomic E-state index is 0.726. The number of nitrogens with one attached hydrogen (secondary N) is 1. The molecular weight excluding hydrogens is 192 g/mol. The van der Waals surface area contributed by atoms with Crippen LogP contribution in [0.1, 0.15) is 26.2 Å². The van der Waals surface area contributed by atoms with E-state index < -0.39 is 0 Å². The number of nitrogens with zero attached hydrogens (tertiary/aromatic N) is 1. The molecule has 0 spiro atoms. The molecule has 0 bridgehead atoms. The van der Waals surface area contributed by atoms with Crippen molar-refractivity contribution in [2.24, 2.45) is 0 Å². The summed E-state index contributed by atoms with van der Waals surface area (Å²) in [5.41, 5.74) is 0. The zero-order valence-electron chi connectivity index (χ0n) is 10.2. The summed E-state index contributed by atoms with van der Waals surface area (Å²) in [5.74, 6) is 2.58. The van der Waals surface area contributed by atoms with Crippen molar-refractivity contribution in [2.75, 3.05) is 39.2 Å². The highest BCUT2D eigenvalue weighted by Gasteiger charge is 2.01. The Morgan fingerprint density at radius 2 is 2.00 bits per heavy atom. The molecule has 14 heavy (non-hydrogen) atoms. The Hall–Kier alpha value is 0.270. The molecule has 2 nitrogen and oxygen atoms in total. The van der Waals surface area contributed by atoms with Crippen molar-refractivity contribution in [3.63, 3.8) is 0 Å². The molecule has 0 saturated heterocycles. The summed E-state index contributed by atoms with van der Waals surface area (Å²) in [6.07, 6.45) is 3.91. The maximum Gasteiger partial charge on any atom is 0.00662 e. The molecule has 0 fully saturated rings. The van der Waals surface area contributed by atoms with Gasteiger partial charge in [-0.25, -0.2) is 0 Å². The van der Waals surface area contributed by atoms with Gasteiger partial charge in [-0.05, 0) is 46.2 Å². The van der Waals surface area contributed by atoms with Gasteiger partial charge in [-0.1, -0.05) is 6.92 Å². The molecule has 86 valence electrons. The minimum Gasteiger partial charge on any atom is -0.317 e. The van der Waals surface area contributed by atoms with Crippen LogP contribution < -0.4 is 5.32 Å². The molecule has 1 atom stereocenters. The van der Waals surface area contributed by atoms with E-state index in [1.54, 1.807) is 0 Å². The van der Waals surface area contributed by atoms with Gasteiger partial charge < -0.3 is 10.2 Å². The lowest BCUT2D eigenvalue weighted by atomic mass is 10.1. The van der Waals surface area contributed by atoms with Crippen LogP contribution in [0.3, 0.4) is 0 Å². The second-order valence-electron chi connectivity index (χ2n) is 3.95. The first-order valence-corrected chi connectivity index (χ1v) is 6.75. The smallest absolute Gasteiger partial charge is 0.00662 e. The van der Waals surface area contributed by atoms with Crippen LogP contribution in [-0.4, -0.2) is 50.1 Å². The molecule has 0 saturated carbocycles. The molecule has 0 aromatic rings. The van der Waals surface area contributed by atoms with Crippen LogP contribution in [0.4, 0.5) is 0 Å². The first-order chi connectivity index (χ1) is 6.70. The summed E-state index contributed by atoms with van der Waals surface area (Å²) in [6.45, 7) is 3.45. The molecule has 0 aliphatic rings. The second-order valence-corrected chi connectivity index (χ2v) is 5.18. The Kier molecular flexibility index (Phi) is 10.0. The third-order valence-corrected chi connectivity index (χ3v) is 3.47. The number of rotatable bonds is 9. The van der Waals surface area contributed by atoms with E-state index in [9.17, 15) is 0 Å². The summed E-state index contributed by atoms with van der Waals surface area (Å²) in [6, 6.07) is 0.726. The Bertz CT molecular complexity index is 114. The summed E-state index contributed by atoms with van der Waals surface area (Å²) in [4.78, 5) is 2.25. The second kappa shape index (κ2) is 9.81. The van der Waals surface area contributed by atoms with Crippen molar-refractivity contribution in [3.05, 3.63) is 0 Å². The lowest BCUT2D eigenvalue weighted by molar-refractivity contribution is 0.437. The fourth-order valence-corrected chi connectivity index (χ4v) is 2.40. The van der Waals surface area contributed by atoms with Crippen LogP contribution in [0.5, 0.6) is 0 Å². The van der Waals surface area contributed by atoms with Gasteiger partial charge in [-0.2, -0.15) is 11.8 Å². The Labute approximate surface area is 93.8 Å². The molecule has 0 aliphatic carbocycles. The Balaban J connectivity index is 3.12. The summed E-state index contributed by atoms with van der Waals surface area (Å²) in [5, 5.41) is 3.34. The molecule has 0 amide bonds. The van der Waals surface area contributed by atoms with E-state index in [2.05, 4.69) is 50.0 Å². The summed E-state index contributed by atoms with van der Waals surface area (Å²) >= 11 is 2.08. The molecule has 0 rings (SSSR count). The van der Waals surface area contributed by atoms with Crippen LogP contribution in [0.25, 0.3) is 0 Å². The average Bonchev–Trinajstić information content (AvgIpc) is 2.16. The Morgan fingerprint density at radius 1 is 1.29 bits per heavy atom. The monoisotopic (exact) mass is 218 g/mol. The van der Waals surface area contributed by atoms with Crippen LogP contribution in [-0.2, 0) is 0 Å². The molecule has 3 heteroatoms. The molecule has 0 aromatic heterocycles. The van der Waals surface area contributed by atoms with Crippen molar-refractivity contribution in [1.29, 1.82) is 0 Å². The van der Waals surface area contributed by atoms with E-state index in [1.807, 2.05) is 0 Å². The quantitative estimate of drug-likeness (QED) is 0.596. The molecule has 0 radical (unpaired) electrons. The van der Waals surface area contributed by atoms with E-state index in [1.165, 1.54) is 37.3 Å². The molecule has 1 unspecified atom stereocenters. The number of hydrogen-bond donors (Lipinski definition) is 1. The van der Waals surface area contributed by atoms with E-state index in [4.69, 9.17) is 0 Å². The van der Waals surface area contributed by atoms with Crippen LogP contribution >= 0.6 is 11.8 Å². The third kappa shape index (κ3) is 8.85. The number of hydrogen-bond acceptors (Lipinski definition) is 3. The van der Waals surface area contributed by atoms with Gasteiger partial charge in [0.1, 0.15) is 0 Å². The lowest BCUT2D eigenvalue weighted by Crippen LogP contribution is -2.24. The van der Waals surface area contributed by atoms with Crippen molar-refractivity contribution in [3.8, 4) is 0 Å². The van der Waals surface area contributed by atoms with Crippen molar-refractivity contribution >= 4 is 11.8 Å². The normalized spacial score (nSPS) is 13.5. The van der Waals surface area contributed by atoms with Crippen molar-refractivity contribution < 1.29 is 0 Å². The molecular formula is C11H26N2S. The zero-order chi connectivity index (χ0) is 10.8. The maximum absolute atomic E-state index is 3.34. The van der Waals surface area contributed by atoms with Crippen molar-refractivity contribution in [2.45, 2.75) is 32.2 Å². The Morgan fingerprint density at radius 3 is 2.50 bits per heavy atom. The van der Waals surface area contributed by atoms with E-state index in [0.717, 1.165) is 6.04 Å². The largest absolute Gasteiger partial charge is 0.317 e. The van der Waals surface area contributed by atoms with Gasteiger partial charge in [0.2, 0.25) is 0 Å². The van der Waals surface area contributed by atoms with Gasteiger partial charge in [0, 0.05) is 18.3 Å². The third-order valence-electron chi connectivity index (χ3n) is 2.43. The van der Waals surface area contributed by atoms with Gasteiger partial charge in [-0.15, -0.1) is 0 Å². The van der Waals surface area contributed by atoms with E-state index >= 15 is 0 Å². The standard InChI is InChI=1S/C11H26N2S/c1-5-11(12-2)7-6-9-14-10-8-13(3)4/h11-12H,5-10H2,1-4H3. The van der Waals surface area contributed by atoms with Crippen LogP contribution in [0.15, 0.2) is 0 Å². The van der Waals surface area contributed by atoms with Gasteiger partial charge in [-0.3, -0.25) is 0 Å². The molecule has 0 heterocycles. The molecule has 0 aliphatic heterocycles. The van der Waals surface area contributed by atoms with Gasteiger partial charge in [0.25, 0.3) is 0 Å². The van der Waals surface area contributed by atoms with Gasteiger partial charge in [0.05, 0.1) is 0 Å². The zero-order valence-corrected chi connectivity index (χ0v) is 11.0. The first kappa shape index (κ1) is 14.3. The SMILES string of the molecule is CCC(CCCSCCN(C)C)NC. The minimum atomic E-state index is 0.726. The fraction of sp³-hybridized carbons (Fsp3) is 1.00. The average molecular weight is 218 g/mol. The van der Waals surface area contributed by atoms with E-state index in [-0.39, 0.29) is 0 Å². The molecule has 1 N–H and O–H groups in total. The first-order valence-electron chi connectivity index (χ1n) is 5.60. The fourth-order valence-electron chi connectivity index (χ4n) is 1.33. The topological polar surface area (TPSA) is 15.3 Å².